The molecule has 1 aromatic heterocycles. The highest BCUT2D eigenvalue weighted by atomic mass is 32.2. The summed E-state index contributed by atoms with van der Waals surface area (Å²) in [5.41, 5.74) is 2.94. The SMILES string of the molecule is Cc1cc(C)cc(S(=O)(=O)c2cnc3ccc(F)cc3c2N2CCC(C)CC2)c1. The summed E-state index contributed by atoms with van der Waals surface area (Å²) in [5.74, 6) is 0.197. The molecule has 1 saturated heterocycles. The molecule has 2 heterocycles. The third-order valence-electron chi connectivity index (χ3n) is 5.66. The molecule has 152 valence electrons. The fraction of sp³-hybridized carbons (Fsp3) is 0.348. The Hall–Kier alpha value is -2.47. The zero-order valence-corrected chi connectivity index (χ0v) is 17.8. The standard InChI is InChI=1S/C23H25FN2O2S/c1-15-6-8-26(9-7-15)23-20-13-18(24)4-5-21(20)25-14-22(23)29(27,28)19-11-16(2)10-17(3)12-19/h4-5,10-15H,6-9H2,1-3H3. The third kappa shape index (κ3) is 3.73. The van der Waals surface area contributed by atoms with Gasteiger partial charge in [-0.05, 0) is 74.1 Å². The van der Waals surface area contributed by atoms with Crippen molar-refractivity contribution in [2.45, 2.75) is 43.4 Å². The maximum Gasteiger partial charge on any atom is 0.210 e. The van der Waals surface area contributed by atoms with E-state index in [0.29, 0.717) is 22.5 Å². The Kier molecular flexibility index (Phi) is 5.07. The molecule has 4 rings (SSSR count). The minimum absolute atomic E-state index is 0.148. The first-order valence-corrected chi connectivity index (χ1v) is 11.4. The number of benzene rings is 2. The van der Waals surface area contributed by atoms with E-state index in [1.165, 1.54) is 18.3 Å². The Morgan fingerprint density at radius 1 is 1.03 bits per heavy atom. The fourth-order valence-electron chi connectivity index (χ4n) is 4.10. The maximum atomic E-state index is 14.1. The lowest BCUT2D eigenvalue weighted by molar-refractivity contribution is 0.437. The molecule has 6 heteroatoms. The van der Waals surface area contributed by atoms with Crippen molar-refractivity contribution in [1.29, 1.82) is 0 Å². The van der Waals surface area contributed by atoms with Gasteiger partial charge in [-0.1, -0.05) is 13.0 Å². The number of anilines is 1. The molecular formula is C23H25FN2O2S. The Morgan fingerprint density at radius 3 is 2.34 bits per heavy atom. The number of pyridine rings is 1. The molecule has 3 aromatic rings. The van der Waals surface area contributed by atoms with Crippen LogP contribution in [0.4, 0.5) is 10.1 Å². The van der Waals surface area contributed by atoms with Gasteiger partial charge in [0.1, 0.15) is 10.7 Å². The van der Waals surface area contributed by atoms with Gasteiger partial charge in [0, 0.05) is 24.7 Å². The third-order valence-corrected chi connectivity index (χ3v) is 7.40. The van der Waals surface area contributed by atoms with E-state index < -0.39 is 15.7 Å². The van der Waals surface area contributed by atoms with E-state index in [9.17, 15) is 12.8 Å². The molecule has 1 aliphatic heterocycles. The van der Waals surface area contributed by atoms with Crippen LogP contribution in [0, 0.1) is 25.6 Å². The number of sulfone groups is 1. The second kappa shape index (κ2) is 7.41. The highest BCUT2D eigenvalue weighted by molar-refractivity contribution is 7.91. The first-order valence-electron chi connectivity index (χ1n) is 9.92. The van der Waals surface area contributed by atoms with Crippen molar-refractivity contribution >= 4 is 26.4 Å². The average molecular weight is 413 g/mol. The van der Waals surface area contributed by atoms with Crippen LogP contribution in [0.25, 0.3) is 10.9 Å². The molecule has 29 heavy (non-hydrogen) atoms. The zero-order chi connectivity index (χ0) is 20.8. The molecule has 0 spiro atoms. The lowest BCUT2D eigenvalue weighted by Gasteiger charge is -2.34. The van der Waals surface area contributed by atoms with Crippen molar-refractivity contribution in [3.8, 4) is 0 Å². The quantitative estimate of drug-likeness (QED) is 0.603. The number of fused-ring (bicyclic) bond motifs is 1. The minimum atomic E-state index is -3.81. The van der Waals surface area contributed by atoms with Crippen molar-refractivity contribution in [2.24, 2.45) is 5.92 Å². The number of hydrogen-bond donors (Lipinski definition) is 0. The summed E-state index contributed by atoms with van der Waals surface area (Å²) >= 11 is 0. The lowest BCUT2D eigenvalue weighted by Crippen LogP contribution is -2.34. The van der Waals surface area contributed by atoms with Crippen molar-refractivity contribution < 1.29 is 12.8 Å². The second-order valence-corrected chi connectivity index (χ2v) is 10.0. The van der Waals surface area contributed by atoms with Gasteiger partial charge >= 0.3 is 0 Å². The molecule has 1 fully saturated rings. The monoisotopic (exact) mass is 412 g/mol. The van der Waals surface area contributed by atoms with Crippen LogP contribution >= 0.6 is 0 Å². The summed E-state index contributed by atoms with van der Waals surface area (Å²) < 4.78 is 41.4. The molecule has 0 unspecified atom stereocenters. The summed E-state index contributed by atoms with van der Waals surface area (Å²) in [6.45, 7) is 7.45. The summed E-state index contributed by atoms with van der Waals surface area (Å²) in [6, 6.07) is 9.67. The van der Waals surface area contributed by atoms with Crippen molar-refractivity contribution in [2.75, 3.05) is 18.0 Å². The highest BCUT2D eigenvalue weighted by Gasteiger charge is 2.29. The molecule has 1 aliphatic rings. The van der Waals surface area contributed by atoms with E-state index >= 15 is 0 Å². The summed E-state index contributed by atoms with van der Waals surface area (Å²) in [7, 11) is -3.81. The summed E-state index contributed by atoms with van der Waals surface area (Å²) in [6.07, 6.45) is 3.38. The van der Waals surface area contributed by atoms with Gasteiger partial charge in [0.2, 0.25) is 9.84 Å². The predicted octanol–water partition coefficient (Wildman–Crippen LogP) is 5.06. The van der Waals surface area contributed by atoms with Crippen LogP contribution in [0.5, 0.6) is 0 Å². The van der Waals surface area contributed by atoms with Crippen LogP contribution in [0.2, 0.25) is 0 Å². The Labute approximate surface area is 171 Å². The van der Waals surface area contributed by atoms with Gasteiger partial charge in [-0.15, -0.1) is 0 Å². The lowest BCUT2D eigenvalue weighted by atomic mass is 9.98. The van der Waals surface area contributed by atoms with E-state index in [4.69, 9.17) is 0 Å². The zero-order valence-electron chi connectivity index (χ0n) is 16.9. The van der Waals surface area contributed by atoms with Crippen molar-refractivity contribution in [1.82, 2.24) is 4.98 Å². The molecule has 0 aliphatic carbocycles. The van der Waals surface area contributed by atoms with Gasteiger partial charge in [-0.25, -0.2) is 12.8 Å². The van der Waals surface area contributed by atoms with Crippen molar-refractivity contribution in [3.05, 3.63) is 59.5 Å². The maximum absolute atomic E-state index is 14.1. The number of piperidine rings is 1. The van der Waals surface area contributed by atoms with Crippen LogP contribution in [-0.4, -0.2) is 26.5 Å². The molecule has 0 amide bonds. The predicted molar refractivity (Wildman–Crippen MR) is 114 cm³/mol. The van der Waals surface area contributed by atoms with Gasteiger partial charge in [-0.2, -0.15) is 0 Å². The minimum Gasteiger partial charge on any atom is -0.370 e. The largest absolute Gasteiger partial charge is 0.370 e. The van der Waals surface area contributed by atoms with E-state index in [0.717, 1.165) is 37.1 Å². The molecule has 4 nitrogen and oxygen atoms in total. The average Bonchev–Trinajstić information content (AvgIpc) is 2.67. The van der Waals surface area contributed by atoms with Crippen molar-refractivity contribution in [3.63, 3.8) is 0 Å². The number of nitrogens with zero attached hydrogens (tertiary/aromatic N) is 2. The van der Waals surface area contributed by atoms with Crippen LogP contribution in [0.15, 0.2) is 52.4 Å². The van der Waals surface area contributed by atoms with Crippen LogP contribution in [-0.2, 0) is 9.84 Å². The first-order chi connectivity index (χ1) is 13.8. The summed E-state index contributed by atoms with van der Waals surface area (Å²) in [5, 5.41) is 0.546. The van der Waals surface area contributed by atoms with Gasteiger partial charge in [0.15, 0.2) is 0 Å². The number of aromatic nitrogens is 1. The van der Waals surface area contributed by atoms with E-state index in [1.54, 1.807) is 18.2 Å². The molecule has 0 saturated carbocycles. The molecule has 2 aromatic carbocycles. The van der Waals surface area contributed by atoms with Gasteiger partial charge in [-0.3, -0.25) is 4.98 Å². The highest BCUT2D eigenvalue weighted by Crippen LogP contribution is 2.38. The number of aryl methyl sites for hydroxylation is 2. The molecule has 0 atom stereocenters. The number of halogens is 1. The van der Waals surface area contributed by atoms with E-state index in [1.807, 2.05) is 19.9 Å². The summed E-state index contributed by atoms with van der Waals surface area (Å²) in [4.78, 5) is 6.84. The first kappa shape index (κ1) is 19.8. The second-order valence-electron chi connectivity index (χ2n) is 8.13. The Balaban J connectivity index is 1.97. The Morgan fingerprint density at radius 2 is 1.69 bits per heavy atom. The molecule has 0 N–H and O–H groups in total. The smallest absolute Gasteiger partial charge is 0.210 e. The van der Waals surface area contributed by atoms with Crippen LogP contribution < -0.4 is 4.90 Å². The van der Waals surface area contributed by atoms with Gasteiger partial charge < -0.3 is 4.90 Å². The van der Waals surface area contributed by atoms with Gasteiger partial charge in [0.25, 0.3) is 0 Å². The molecular weight excluding hydrogens is 387 g/mol. The number of rotatable bonds is 3. The van der Waals surface area contributed by atoms with Gasteiger partial charge in [0.05, 0.1) is 16.1 Å². The topological polar surface area (TPSA) is 50.3 Å². The van der Waals surface area contributed by atoms with E-state index in [2.05, 4.69) is 16.8 Å². The van der Waals surface area contributed by atoms with E-state index in [-0.39, 0.29) is 9.79 Å². The molecule has 0 radical (unpaired) electrons. The molecule has 0 bridgehead atoms. The normalized spacial score (nSPS) is 15.8. The number of hydrogen-bond acceptors (Lipinski definition) is 4. The fourth-order valence-corrected chi connectivity index (χ4v) is 5.72. The van der Waals surface area contributed by atoms with Crippen LogP contribution in [0.1, 0.15) is 30.9 Å². The Bertz CT molecular complexity index is 1160. The van der Waals surface area contributed by atoms with Crippen LogP contribution in [0.3, 0.4) is 0 Å².